The minimum absolute atomic E-state index is 0.0321. The summed E-state index contributed by atoms with van der Waals surface area (Å²) in [6.45, 7) is 0.867. The van der Waals surface area contributed by atoms with Gasteiger partial charge in [-0.25, -0.2) is 4.39 Å². The molecule has 6 heteroatoms. The van der Waals surface area contributed by atoms with E-state index in [2.05, 4.69) is 5.32 Å². The summed E-state index contributed by atoms with van der Waals surface area (Å²) in [7, 11) is 1.62. The van der Waals surface area contributed by atoms with Gasteiger partial charge in [-0.2, -0.15) is 0 Å². The van der Waals surface area contributed by atoms with Crippen LogP contribution >= 0.6 is 0 Å². The average molecular weight is 410 g/mol. The number of carbonyl (C=O) groups excluding carboxylic acids is 2. The van der Waals surface area contributed by atoms with Crippen LogP contribution in [-0.2, 0) is 9.53 Å². The first-order chi connectivity index (χ1) is 14.6. The van der Waals surface area contributed by atoms with Crippen molar-refractivity contribution in [2.45, 2.75) is 43.6 Å². The molecule has 0 radical (unpaired) electrons. The number of amides is 2. The Morgan fingerprint density at radius 3 is 2.53 bits per heavy atom. The van der Waals surface area contributed by atoms with Gasteiger partial charge in [0.1, 0.15) is 5.82 Å². The first kappa shape index (κ1) is 20.5. The lowest BCUT2D eigenvalue weighted by Gasteiger charge is -2.53. The maximum Gasteiger partial charge on any atom is 0.254 e. The Morgan fingerprint density at radius 1 is 1.13 bits per heavy atom. The summed E-state index contributed by atoms with van der Waals surface area (Å²) in [5, 5.41) is 2.97. The highest BCUT2D eigenvalue weighted by Gasteiger charge is 2.54. The Hall–Kier alpha value is -2.73. The smallest absolute Gasteiger partial charge is 0.254 e. The molecule has 1 spiro atoms. The monoisotopic (exact) mass is 410 g/mol. The van der Waals surface area contributed by atoms with E-state index in [0.29, 0.717) is 24.4 Å². The lowest BCUT2D eigenvalue weighted by molar-refractivity contribution is -0.122. The quantitative estimate of drug-likeness (QED) is 0.797. The van der Waals surface area contributed by atoms with Crippen LogP contribution in [0.25, 0.3) is 0 Å². The standard InChI is InChI=1S/C24H27FN2O3/c1-30-16-15-27-23(29)20-8-4-3-7-19(20)21(24(27)13-5-2-6-14-24)22(28)26-18-11-9-17(25)10-12-18/h3-4,7-12,21H,2,5-6,13-16H2,1H3,(H,26,28)/t21-/m1/s1. The Labute approximate surface area is 176 Å². The molecule has 2 aromatic carbocycles. The average Bonchev–Trinajstić information content (AvgIpc) is 2.76. The molecule has 1 saturated carbocycles. The molecule has 0 saturated heterocycles. The molecule has 0 bridgehead atoms. The highest BCUT2D eigenvalue weighted by Crippen LogP contribution is 2.49. The molecule has 30 heavy (non-hydrogen) atoms. The number of hydrogen-bond acceptors (Lipinski definition) is 3. The zero-order valence-corrected chi connectivity index (χ0v) is 17.2. The number of carbonyl (C=O) groups is 2. The highest BCUT2D eigenvalue weighted by molar-refractivity contribution is 6.05. The molecule has 2 aromatic rings. The number of hydrogen-bond donors (Lipinski definition) is 1. The summed E-state index contributed by atoms with van der Waals surface area (Å²) >= 11 is 0. The minimum atomic E-state index is -0.577. The van der Waals surface area contributed by atoms with Crippen LogP contribution in [0.1, 0.15) is 53.9 Å². The van der Waals surface area contributed by atoms with Crippen molar-refractivity contribution < 1.29 is 18.7 Å². The Kier molecular flexibility index (Phi) is 5.86. The van der Waals surface area contributed by atoms with Crippen LogP contribution in [0.4, 0.5) is 10.1 Å². The predicted molar refractivity (Wildman–Crippen MR) is 113 cm³/mol. The summed E-state index contributed by atoms with van der Waals surface area (Å²) < 4.78 is 18.6. The third-order valence-corrected chi connectivity index (χ3v) is 6.43. The van der Waals surface area contributed by atoms with Gasteiger partial charge < -0.3 is 15.0 Å². The van der Waals surface area contributed by atoms with Crippen molar-refractivity contribution in [2.75, 3.05) is 25.6 Å². The largest absolute Gasteiger partial charge is 0.383 e. The van der Waals surface area contributed by atoms with Crippen LogP contribution in [0.5, 0.6) is 0 Å². The van der Waals surface area contributed by atoms with Crippen molar-refractivity contribution in [3.8, 4) is 0 Å². The second-order valence-corrected chi connectivity index (χ2v) is 8.13. The van der Waals surface area contributed by atoms with Crippen LogP contribution in [-0.4, -0.2) is 42.5 Å². The van der Waals surface area contributed by atoms with Crippen LogP contribution in [0, 0.1) is 5.82 Å². The molecule has 4 rings (SSSR count). The lowest BCUT2D eigenvalue weighted by atomic mass is 9.65. The summed E-state index contributed by atoms with van der Waals surface area (Å²) in [5.41, 5.74) is 1.32. The van der Waals surface area contributed by atoms with Gasteiger partial charge in [0.05, 0.1) is 18.1 Å². The van der Waals surface area contributed by atoms with Crippen molar-refractivity contribution in [2.24, 2.45) is 0 Å². The molecular weight excluding hydrogens is 383 g/mol. The number of methoxy groups -OCH3 is 1. The highest BCUT2D eigenvalue weighted by atomic mass is 19.1. The number of nitrogens with one attached hydrogen (secondary N) is 1. The second-order valence-electron chi connectivity index (χ2n) is 8.13. The van der Waals surface area contributed by atoms with E-state index in [9.17, 15) is 14.0 Å². The fourth-order valence-electron chi connectivity index (χ4n) is 5.10. The fourth-order valence-corrected chi connectivity index (χ4v) is 5.10. The van der Waals surface area contributed by atoms with E-state index in [1.54, 1.807) is 25.3 Å². The van der Waals surface area contributed by atoms with Gasteiger partial charge in [-0.15, -0.1) is 0 Å². The molecule has 0 unspecified atom stereocenters. The van der Waals surface area contributed by atoms with E-state index in [0.717, 1.165) is 37.7 Å². The Bertz CT molecular complexity index is 922. The molecule has 2 amide bonds. The van der Waals surface area contributed by atoms with Gasteiger partial charge in [-0.05, 0) is 48.7 Å². The predicted octanol–water partition coefficient (Wildman–Crippen LogP) is 4.35. The van der Waals surface area contributed by atoms with Crippen molar-refractivity contribution in [3.63, 3.8) is 0 Å². The van der Waals surface area contributed by atoms with Crippen molar-refractivity contribution in [1.82, 2.24) is 4.90 Å². The number of anilines is 1. The molecule has 0 aromatic heterocycles. The van der Waals surface area contributed by atoms with Crippen LogP contribution in [0.15, 0.2) is 48.5 Å². The number of nitrogens with zero attached hydrogens (tertiary/aromatic N) is 1. The van der Waals surface area contributed by atoms with E-state index in [-0.39, 0.29) is 17.6 Å². The second kappa shape index (κ2) is 8.56. The summed E-state index contributed by atoms with van der Waals surface area (Å²) in [6, 6.07) is 13.2. The maximum absolute atomic E-state index is 13.6. The van der Waals surface area contributed by atoms with Gasteiger partial charge in [0.15, 0.2) is 0 Å². The van der Waals surface area contributed by atoms with Crippen LogP contribution < -0.4 is 5.32 Å². The maximum atomic E-state index is 13.6. The summed E-state index contributed by atoms with van der Waals surface area (Å²) in [4.78, 5) is 29.0. The van der Waals surface area contributed by atoms with Crippen LogP contribution in [0.3, 0.4) is 0 Å². The first-order valence-electron chi connectivity index (χ1n) is 10.5. The molecule has 1 heterocycles. The third kappa shape index (κ3) is 3.60. The zero-order chi connectivity index (χ0) is 21.1. The number of rotatable bonds is 5. The van der Waals surface area contributed by atoms with Gasteiger partial charge >= 0.3 is 0 Å². The topological polar surface area (TPSA) is 58.6 Å². The normalized spacial score (nSPS) is 20.1. The van der Waals surface area contributed by atoms with Gasteiger partial charge in [0.2, 0.25) is 5.91 Å². The molecule has 2 aliphatic rings. The van der Waals surface area contributed by atoms with E-state index in [1.165, 1.54) is 12.1 Å². The van der Waals surface area contributed by atoms with Crippen molar-refractivity contribution in [3.05, 3.63) is 65.5 Å². The van der Waals surface area contributed by atoms with E-state index in [1.807, 2.05) is 23.1 Å². The van der Waals surface area contributed by atoms with Gasteiger partial charge in [0.25, 0.3) is 5.91 Å². The number of ether oxygens (including phenoxy) is 1. The molecule has 1 fully saturated rings. The molecule has 158 valence electrons. The summed E-state index contributed by atoms with van der Waals surface area (Å²) in [6.07, 6.45) is 4.59. The van der Waals surface area contributed by atoms with Crippen LogP contribution in [0.2, 0.25) is 0 Å². The SMILES string of the molecule is COCCN1C(=O)c2ccccc2[C@H](C(=O)Nc2ccc(F)cc2)C12CCCCC2. The van der Waals surface area contributed by atoms with Gasteiger partial charge in [-0.1, -0.05) is 37.5 Å². The third-order valence-electron chi connectivity index (χ3n) is 6.43. The number of halogens is 1. The molecule has 1 atom stereocenters. The van der Waals surface area contributed by atoms with Gasteiger partial charge in [0, 0.05) is 24.9 Å². The summed E-state index contributed by atoms with van der Waals surface area (Å²) in [5.74, 6) is -1.04. The lowest BCUT2D eigenvalue weighted by Crippen LogP contribution is -2.62. The molecule has 1 aliphatic heterocycles. The van der Waals surface area contributed by atoms with Crippen molar-refractivity contribution >= 4 is 17.5 Å². The van der Waals surface area contributed by atoms with Gasteiger partial charge in [-0.3, -0.25) is 9.59 Å². The van der Waals surface area contributed by atoms with Crippen molar-refractivity contribution in [1.29, 1.82) is 0 Å². The number of benzene rings is 2. The zero-order valence-electron chi connectivity index (χ0n) is 17.2. The fraction of sp³-hybridized carbons (Fsp3) is 0.417. The molecule has 1 N–H and O–H groups in total. The Morgan fingerprint density at radius 2 is 1.83 bits per heavy atom. The van der Waals surface area contributed by atoms with E-state index in [4.69, 9.17) is 4.74 Å². The molecule has 1 aliphatic carbocycles. The van der Waals surface area contributed by atoms with E-state index >= 15 is 0 Å². The molecule has 5 nitrogen and oxygen atoms in total. The van der Waals surface area contributed by atoms with E-state index < -0.39 is 11.5 Å². The first-order valence-corrected chi connectivity index (χ1v) is 10.5. The number of fused-ring (bicyclic) bond motifs is 1. The minimum Gasteiger partial charge on any atom is -0.383 e. The Balaban J connectivity index is 1.79. The molecular formula is C24H27FN2O3.